The van der Waals surface area contributed by atoms with Crippen molar-refractivity contribution in [3.63, 3.8) is 0 Å². The fourth-order valence-corrected chi connectivity index (χ4v) is 3.57. The Balaban J connectivity index is 0.00000450. The number of nitrogens with one attached hydrogen (secondary N) is 2. The van der Waals surface area contributed by atoms with Crippen LogP contribution in [0, 0.1) is 17.5 Å². The van der Waals surface area contributed by atoms with Crippen molar-refractivity contribution >= 4 is 39.8 Å². The molecule has 0 aliphatic rings. The van der Waals surface area contributed by atoms with E-state index in [9.17, 15) is 21.6 Å². The molecule has 0 aromatic heterocycles. The SMILES string of the molecule is CCNC(=NCc1cc(F)ccc1CS(C)(=O)=O)NCCc1cccc(F)c1F.I. The van der Waals surface area contributed by atoms with Crippen molar-refractivity contribution in [1.29, 1.82) is 0 Å². The van der Waals surface area contributed by atoms with E-state index < -0.39 is 27.3 Å². The minimum Gasteiger partial charge on any atom is -0.357 e. The number of aliphatic imine (C=N–C) groups is 1. The molecule has 5 nitrogen and oxygen atoms in total. The van der Waals surface area contributed by atoms with Crippen molar-refractivity contribution in [3.05, 3.63) is 70.5 Å². The van der Waals surface area contributed by atoms with Crippen LogP contribution in [0.2, 0.25) is 0 Å². The second kappa shape index (κ2) is 12.1. The van der Waals surface area contributed by atoms with Crippen LogP contribution in [-0.2, 0) is 28.6 Å². The molecule has 0 fully saturated rings. The normalized spacial score (nSPS) is 11.7. The molecule has 0 aliphatic heterocycles. The number of nitrogens with zero attached hydrogens (tertiary/aromatic N) is 1. The predicted octanol–water partition coefficient (Wildman–Crippen LogP) is 3.56. The highest BCUT2D eigenvalue weighted by Gasteiger charge is 2.11. The lowest BCUT2D eigenvalue weighted by Crippen LogP contribution is -2.38. The van der Waals surface area contributed by atoms with Crippen LogP contribution in [0.25, 0.3) is 0 Å². The summed E-state index contributed by atoms with van der Waals surface area (Å²) in [7, 11) is -3.28. The van der Waals surface area contributed by atoms with Crippen LogP contribution in [0.5, 0.6) is 0 Å². The van der Waals surface area contributed by atoms with Crippen molar-refractivity contribution < 1.29 is 21.6 Å². The van der Waals surface area contributed by atoms with Gasteiger partial charge in [-0.2, -0.15) is 0 Å². The molecule has 0 radical (unpaired) electrons. The predicted molar refractivity (Wildman–Crippen MR) is 123 cm³/mol. The molecule has 10 heteroatoms. The third kappa shape index (κ3) is 8.50. The topological polar surface area (TPSA) is 70.6 Å². The van der Waals surface area contributed by atoms with Crippen molar-refractivity contribution in [1.82, 2.24) is 10.6 Å². The van der Waals surface area contributed by atoms with Gasteiger partial charge in [-0.1, -0.05) is 18.2 Å². The van der Waals surface area contributed by atoms with Crippen molar-refractivity contribution in [2.45, 2.75) is 25.6 Å². The molecule has 166 valence electrons. The van der Waals surface area contributed by atoms with E-state index in [-0.39, 0.29) is 48.3 Å². The van der Waals surface area contributed by atoms with Gasteiger partial charge in [-0.25, -0.2) is 26.6 Å². The van der Waals surface area contributed by atoms with Crippen LogP contribution in [0.3, 0.4) is 0 Å². The first-order chi connectivity index (χ1) is 13.7. The molecule has 0 heterocycles. The zero-order chi connectivity index (χ0) is 21.4. The van der Waals surface area contributed by atoms with Gasteiger partial charge in [0.1, 0.15) is 5.82 Å². The highest BCUT2D eigenvalue weighted by molar-refractivity contribution is 14.0. The van der Waals surface area contributed by atoms with Gasteiger partial charge in [0, 0.05) is 19.3 Å². The van der Waals surface area contributed by atoms with Crippen LogP contribution in [-0.4, -0.2) is 33.7 Å². The number of hydrogen-bond acceptors (Lipinski definition) is 3. The quantitative estimate of drug-likeness (QED) is 0.297. The molecule has 0 saturated carbocycles. The number of guanidine groups is 1. The fraction of sp³-hybridized carbons (Fsp3) is 0.350. The molecule has 2 aromatic rings. The third-order valence-electron chi connectivity index (χ3n) is 4.06. The monoisotopic (exact) mass is 555 g/mol. The number of rotatable bonds is 8. The number of hydrogen-bond donors (Lipinski definition) is 2. The average molecular weight is 555 g/mol. The third-order valence-corrected chi connectivity index (χ3v) is 4.89. The Hall–Kier alpha value is -1.82. The molecule has 0 unspecified atom stereocenters. The molecule has 0 bridgehead atoms. The summed E-state index contributed by atoms with van der Waals surface area (Å²) in [6.07, 6.45) is 1.36. The van der Waals surface area contributed by atoms with E-state index in [1.54, 1.807) is 0 Å². The summed E-state index contributed by atoms with van der Waals surface area (Å²) in [4.78, 5) is 4.35. The molecule has 30 heavy (non-hydrogen) atoms. The Morgan fingerprint density at radius 3 is 2.43 bits per heavy atom. The van der Waals surface area contributed by atoms with Crippen molar-refractivity contribution in [2.24, 2.45) is 4.99 Å². The number of sulfone groups is 1. The molecule has 2 rings (SSSR count). The summed E-state index contributed by atoms with van der Waals surface area (Å²) < 4.78 is 63.8. The second-order valence-electron chi connectivity index (χ2n) is 6.57. The Morgan fingerprint density at radius 1 is 1.03 bits per heavy atom. The van der Waals surface area contributed by atoms with Gasteiger partial charge in [-0.05, 0) is 48.2 Å². The van der Waals surface area contributed by atoms with Gasteiger partial charge in [0.15, 0.2) is 27.4 Å². The smallest absolute Gasteiger partial charge is 0.191 e. The van der Waals surface area contributed by atoms with Crippen LogP contribution < -0.4 is 10.6 Å². The molecular weight excluding hydrogens is 530 g/mol. The lowest BCUT2D eigenvalue weighted by Gasteiger charge is -2.13. The van der Waals surface area contributed by atoms with Gasteiger partial charge in [0.05, 0.1) is 12.3 Å². The Kier molecular flexibility index (Phi) is 10.6. The minimum absolute atomic E-state index is 0. The van der Waals surface area contributed by atoms with E-state index in [1.165, 1.54) is 30.3 Å². The molecule has 0 aliphatic carbocycles. The molecule has 2 N–H and O–H groups in total. The zero-order valence-electron chi connectivity index (χ0n) is 16.7. The van der Waals surface area contributed by atoms with E-state index in [0.29, 0.717) is 30.2 Å². The number of halogens is 4. The molecule has 0 spiro atoms. The summed E-state index contributed by atoms with van der Waals surface area (Å²) in [5, 5.41) is 6.01. The van der Waals surface area contributed by atoms with Crippen LogP contribution in [0.4, 0.5) is 13.2 Å². The number of benzene rings is 2. The average Bonchev–Trinajstić information content (AvgIpc) is 2.64. The highest BCUT2D eigenvalue weighted by Crippen LogP contribution is 2.16. The first-order valence-corrected chi connectivity index (χ1v) is 11.2. The largest absolute Gasteiger partial charge is 0.357 e. The summed E-state index contributed by atoms with van der Waals surface area (Å²) in [6.45, 7) is 2.78. The van der Waals surface area contributed by atoms with E-state index in [0.717, 1.165) is 12.3 Å². The van der Waals surface area contributed by atoms with Gasteiger partial charge >= 0.3 is 0 Å². The van der Waals surface area contributed by atoms with Crippen molar-refractivity contribution in [3.8, 4) is 0 Å². The fourth-order valence-electron chi connectivity index (χ4n) is 2.73. The first-order valence-electron chi connectivity index (χ1n) is 9.09. The maximum Gasteiger partial charge on any atom is 0.191 e. The molecule has 0 atom stereocenters. The van der Waals surface area contributed by atoms with Gasteiger partial charge in [0.25, 0.3) is 0 Å². The molecule has 0 saturated heterocycles. The maximum atomic E-state index is 13.7. The van der Waals surface area contributed by atoms with Gasteiger partial charge in [0.2, 0.25) is 0 Å². The Bertz CT molecular complexity index is 985. The Labute approximate surface area is 192 Å². The lowest BCUT2D eigenvalue weighted by molar-refractivity contribution is 0.498. The van der Waals surface area contributed by atoms with Crippen LogP contribution >= 0.6 is 24.0 Å². The standard InChI is InChI=1S/C20H24F3N3O2S.HI/c1-3-24-20(25-10-9-14-5-4-6-18(22)19(14)23)26-12-16-11-17(21)8-7-15(16)13-29(2,27)28;/h4-8,11H,3,9-10,12-13H2,1-2H3,(H2,24,25,26);1H. The summed E-state index contributed by atoms with van der Waals surface area (Å²) >= 11 is 0. The molecule has 2 aromatic carbocycles. The van der Waals surface area contributed by atoms with E-state index in [2.05, 4.69) is 15.6 Å². The molecular formula is C20H25F3IN3O2S. The van der Waals surface area contributed by atoms with Crippen molar-refractivity contribution in [2.75, 3.05) is 19.3 Å². The lowest BCUT2D eigenvalue weighted by atomic mass is 10.1. The second-order valence-corrected chi connectivity index (χ2v) is 8.71. The Morgan fingerprint density at radius 2 is 1.77 bits per heavy atom. The summed E-state index contributed by atoms with van der Waals surface area (Å²) in [6, 6.07) is 7.92. The minimum atomic E-state index is -3.28. The first kappa shape index (κ1) is 26.2. The summed E-state index contributed by atoms with van der Waals surface area (Å²) in [5.74, 6) is -2.05. The summed E-state index contributed by atoms with van der Waals surface area (Å²) in [5.41, 5.74) is 1.19. The highest BCUT2D eigenvalue weighted by atomic mass is 127. The van der Waals surface area contributed by atoms with Gasteiger partial charge in [-0.15, -0.1) is 24.0 Å². The van der Waals surface area contributed by atoms with Gasteiger partial charge < -0.3 is 10.6 Å². The van der Waals surface area contributed by atoms with Gasteiger partial charge in [-0.3, -0.25) is 0 Å². The van der Waals surface area contributed by atoms with Crippen LogP contribution in [0.1, 0.15) is 23.6 Å². The van der Waals surface area contributed by atoms with E-state index in [4.69, 9.17) is 0 Å². The molecule has 0 amide bonds. The zero-order valence-corrected chi connectivity index (χ0v) is 19.9. The maximum absolute atomic E-state index is 13.7. The van der Waals surface area contributed by atoms with Crippen LogP contribution in [0.15, 0.2) is 41.4 Å². The van der Waals surface area contributed by atoms with E-state index in [1.807, 2.05) is 6.92 Å². The van der Waals surface area contributed by atoms with E-state index >= 15 is 0 Å².